The van der Waals surface area contributed by atoms with E-state index in [-0.39, 0.29) is 12.5 Å². The van der Waals surface area contributed by atoms with Gasteiger partial charge in [0.25, 0.3) is 0 Å². The molecule has 0 heterocycles. The first kappa shape index (κ1) is 14.2. The number of carboxylic acid groups (broad SMARTS) is 1. The second-order valence-electron chi connectivity index (χ2n) is 4.27. The Bertz CT molecular complexity index is 423. The lowest BCUT2D eigenvalue weighted by Gasteiger charge is -2.07. The minimum Gasteiger partial charge on any atom is -0.481 e. The maximum Gasteiger partial charge on any atom is 0.307 e. The molecule has 1 rings (SSSR count). The molecule has 0 amide bonds. The molecule has 0 aliphatic heterocycles. The summed E-state index contributed by atoms with van der Waals surface area (Å²) in [5, 5.41) is 12.7. The van der Waals surface area contributed by atoms with Crippen molar-refractivity contribution in [1.82, 2.24) is 0 Å². The Kier molecular flexibility index (Phi) is 5.36. The molecule has 1 aromatic rings. The predicted molar refractivity (Wildman–Crippen MR) is 70.8 cm³/mol. The Morgan fingerprint density at radius 2 is 2.00 bits per heavy atom. The molecule has 0 aromatic heterocycles. The summed E-state index contributed by atoms with van der Waals surface area (Å²) < 4.78 is 0. The van der Waals surface area contributed by atoms with Crippen molar-refractivity contribution in [2.24, 2.45) is 5.16 Å². The van der Waals surface area contributed by atoms with Crippen LogP contribution in [-0.2, 0) is 16.1 Å². The number of hydrogen-bond acceptors (Lipinski definition) is 3. The molecule has 0 spiro atoms. The van der Waals surface area contributed by atoms with Crippen molar-refractivity contribution in [3.05, 3.63) is 35.4 Å². The fraction of sp³-hybridized carbons (Fsp3) is 0.429. The van der Waals surface area contributed by atoms with E-state index in [1.54, 1.807) is 12.1 Å². The van der Waals surface area contributed by atoms with Crippen LogP contribution in [0.1, 0.15) is 38.3 Å². The second kappa shape index (κ2) is 6.79. The number of carboxylic acids is 1. The lowest BCUT2D eigenvalue weighted by molar-refractivity contribution is -0.136. The van der Waals surface area contributed by atoms with E-state index in [9.17, 15) is 4.79 Å². The summed E-state index contributed by atoms with van der Waals surface area (Å²) in [6, 6.07) is 7.31. The van der Waals surface area contributed by atoms with E-state index in [1.165, 1.54) is 0 Å². The average molecular weight is 249 g/mol. The SMILES string of the molecule is CCC(C)O/N=C(\C)c1ccc(CC(=O)O)cc1. The predicted octanol–water partition coefficient (Wildman–Crippen LogP) is 2.85. The van der Waals surface area contributed by atoms with Gasteiger partial charge in [0.2, 0.25) is 0 Å². The molecule has 0 saturated carbocycles. The van der Waals surface area contributed by atoms with E-state index in [0.29, 0.717) is 0 Å². The zero-order valence-corrected chi connectivity index (χ0v) is 11.0. The first-order chi connectivity index (χ1) is 8.52. The van der Waals surface area contributed by atoms with Crippen LogP contribution in [0.15, 0.2) is 29.4 Å². The van der Waals surface area contributed by atoms with Crippen molar-refractivity contribution in [1.29, 1.82) is 0 Å². The van der Waals surface area contributed by atoms with Crippen LogP contribution in [0.4, 0.5) is 0 Å². The average Bonchev–Trinajstić information content (AvgIpc) is 2.35. The number of rotatable bonds is 6. The number of aliphatic carboxylic acids is 1. The largest absolute Gasteiger partial charge is 0.481 e. The molecule has 0 aliphatic carbocycles. The number of benzene rings is 1. The van der Waals surface area contributed by atoms with Crippen LogP contribution in [0, 0.1) is 0 Å². The van der Waals surface area contributed by atoms with Crippen LogP contribution >= 0.6 is 0 Å². The summed E-state index contributed by atoms with van der Waals surface area (Å²) in [6.45, 7) is 5.87. The zero-order valence-electron chi connectivity index (χ0n) is 11.0. The molecule has 1 unspecified atom stereocenters. The van der Waals surface area contributed by atoms with Gasteiger partial charge in [0.1, 0.15) is 6.10 Å². The maximum absolute atomic E-state index is 10.6. The van der Waals surface area contributed by atoms with Gasteiger partial charge in [-0.15, -0.1) is 0 Å². The number of oxime groups is 1. The molecule has 0 saturated heterocycles. The van der Waals surface area contributed by atoms with Crippen molar-refractivity contribution in [3.8, 4) is 0 Å². The van der Waals surface area contributed by atoms with Gasteiger partial charge in [-0.25, -0.2) is 0 Å². The topological polar surface area (TPSA) is 58.9 Å². The summed E-state index contributed by atoms with van der Waals surface area (Å²) in [4.78, 5) is 15.9. The van der Waals surface area contributed by atoms with E-state index in [1.807, 2.05) is 32.9 Å². The van der Waals surface area contributed by atoms with E-state index in [0.717, 1.165) is 23.3 Å². The first-order valence-electron chi connectivity index (χ1n) is 6.04. The molecule has 4 heteroatoms. The Balaban J connectivity index is 2.69. The third-order valence-electron chi connectivity index (χ3n) is 2.67. The van der Waals surface area contributed by atoms with Crippen LogP contribution in [0.5, 0.6) is 0 Å². The van der Waals surface area contributed by atoms with Gasteiger partial charge >= 0.3 is 5.97 Å². The minimum atomic E-state index is -0.826. The van der Waals surface area contributed by atoms with Gasteiger partial charge in [0.15, 0.2) is 0 Å². The highest BCUT2D eigenvalue weighted by molar-refractivity contribution is 5.98. The number of hydrogen-bond donors (Lipinski definition) is 1. The van der Waals surface area contributed by atoms with Crippen molar-refractivity contribution in [2.45, 2.75) is 39.7 Å². The zero-order chi connectivity index (χ0) is 13.5. The second-order valence-corrected chi connectivity index (χ2v) is 4.27. The molecule has 18 heavy (non-hydrogen) atoms. The molecule has 0 aliphatic rings. The van der Waals surface area contributed by atoms with Gasteiger partial charge in [-0.1, -0.05) is 36.3 Å². The summed E-state index contributed by atoms with van der Waals surface area (Å²) >= 11 is 0. The third kappa shape index (κ3) is 4.57. The highest BCUT2D eigenvalue weighted by Gasteiger charge is 2.03. The Morgan fingerprint density at radius 1 is 1.39 bits per heavy atom. The summed E-state index contributed by atoms with van der Waals surface area (Å²) in [5.74, 6) is -0.826. The molecule has 4 nitrogen and oxygen atoms in total. The van der Waals surface area contributed by atoms with Gasteiger partial charge in [0, 0.05) is 0 Å². The highest BCUT2D eigenvalue weighted by Crippen LogP contribution is 2.08. The van der Waals surface area contributed by atoms with Gasteiger partial charge in [-0.05, 0) is 31.4 Å². The van der Waals surface area contributed by atoms with Crippen molar-refractivity contribution in [2.75, 3.05) is 0 Å². The molecule has 0 radical (unpaired) electrons. The molecular weight excluding hydrogens is 230 g/mol. The van der Waals surface area contributed by atoms with Gasteiger partial charge < -0.3 is 9.94 Å². The van der Waals surface area contributed by atoms with Crippen LogP contribution in [0.2, 0.25) is 0 Å². The minimum absolute atomic E-state index is 0.0415. The Morgan fingerprint density at radius 3 is 2.50 bits per heavy atom. The molecule has 1 N–H and O–H groups in total. The molecule has 1 aromatic carbocycles. The smallest absolute Gasteiger partial charge is 0.307 e. The fourth-order valence-corrected chi connectivity index (χ4v) is 1.33. The molecule has 0 bridgehead atoms. The third-order valence-corrected chi connectivity index (χ3v) is 2.67. The van der Waals surface area contributed by atoms with Crippen molar-refractivity contribution < 1.29 is 14.7 Å². The van der Waals surface area contributed by atoms with E-state index >= 15 is 0 Å². The normalized spacial score (nSPS) is 13.2. The Labute approximate surface area is 107 Å². The van der Waals surface area contributed by atoms with E-state index in [2.05, 4.69) is 5.16 Å². The first-order valence-corrected chi connectivity index (χ1v) is 6.04. The van der Waals surface area contributed by atoms with E-state index < -0.39 is 5.97 Å². The van der Waals surface area contributed by atoms with Gasteiger partial charge in [-0.2, -0.15) is 0 Å². The molecule has 98 valence electrons. The Hall–Kier alpha value is -1.84. The summed E-state index contributed by atoms with van der Waals surface area (Å²) in [5.41, 5.74) is 2.51. The van der Waals surface area contributed by atoms with E-state index in [4.69, 9.17) is 9.94 Å². The fourth-order valence-electron chi connectivity index (χ4n) is 1.33. The quantitative estimate of drug-likeness (QED) is 0.623. The standard InChI is InChI=1S/C14H19NO3/c1-4-10(2)18-15-11(3)13-7-5-12(6-8-13)9-14(16)17/h5-8,10H,4,9H2,1-3H3,(H,16,17)/b15-11+. The summed E-state index contributed by atoms with van der Waals surface area (Å²) in [6.07, 6.45) is 1.06. The monoisotopic (exact) mass is 249 g/mol. The summed E-state index contributed by atoms with van der Waals surface area (Å²) in [7, 11) is 0. The molecule has 0 fully saturated rings. The van der Waals surface area contributed by atoms with Crippen molar-refractivity contribution in [3.63, 3.8) is 0 Å². The lowest BCUT2D eigenvalue weighted by Crippen LogP contribution is -2.05. The highest BCUT2D eigenvalue weighted by atomic mass is 16.6. The van der Waals surface area contributed by atoms with Crippen molar-refractivity contribution >= 4 is 11.7 Å². The number of carbonyl (C=O) groups is 1. The van der Waals surface area contributed by atoms with Crippen LogP contribution in [0.25, 0.3) is 0 Å². The van der Waals surface area contributed by atoms with Crippen LogP contribution in [0.3, 0.4) is 0 Å². The number of nitrogens with zero attached hydrogens (tertiary/aromatic N) is 1. The van der Waals surface area contributed by atoms with Crippen LogP contribution < -0.4 is 0 Å². The van der Waals surface area contributed by atoms with Gasteiger partial charge in [-0.3, -0.25) is 4.79 Å². The van der Waals surface area contributed by atoms with Crippen LogP contribution in [-0.4, -0.2) is 22.9 Å². The maximum atomic E-state index is 10.6. The lowest BCUT2D eigenvalue weighted by atomic mass is 10.1. The molecule has 1 atom stereocenters. The molecular formula is C14H19NO3. The van der Waals surface area contributed by atoms with Gasteiger partial charge in [0.05, 0.1) is 12.1 Å².